The molecule has 1 heterocycles. The van der Waals surface area contributed by atoms with Crippen molar-refractivity contribution in [3.05, 3.63) is 82.0 Å². The van der Waals surface area contributed by atoms with Gasteiger partial charge < -0.3 is 9.64 Å². The summed E-state index contributed by atoms with van der Waals surface area (Å²) in [5, 5.41) is 2.04. The lowest BCUT2D eigenvalue weighted by Gasteiger charge is -2.23. The second kappa shape index (κ2) is 8.68. The van der Waals surface area contributed by atoms with Gasteiger partial charge in [0.2, 0.25) is 0 Å². The Bertz CT molecular complexity index is 841. The van der Waals surface area contributed by atoms with Gasteiger partial charge in [-0.25, -0.2) is 0 Å². The minimum absolute atomic E-state index is 0.0239. The maximum absolute atomic E-state index is 13.3. The fourth-order valence-corrected chi connectivity index (χ4v) is 3.48. The summed E-state index contributed by atoms with van der Waals surface area (Å²) in [6.07, 6.45) is 0.982. The zero-order valence-electron chi connectivity index (χ0n) is 15.1. The second-order valence-corrected chi connectivity index (χ2v) is 6.98. The van der Waals surface area contributed by atoms with Gasteiger partial charge in [-0.1, -0.05) is 31.2 Å². The van der Waals surface area contributed by atoms with Gasteiger partial charge in [-0.3, -0.25) is 4.79 Å². The normalized spacial score (nSPS) is 10.5. The molecule has 0 atom stereocenters. The molecular weight excluding hydrogens is 342 g/mol. The molecule has 0 saturated carbocycles. The Morgan fingerprint density at radius 1 is 1.04 bits per heavy atom. The van der Waals surface area contributed by atoms with Crippen LogP contribution in [0.25, 0.3) is 0 Å². The molecule has 1 aromatic heterocycles. The number of thiophene rings is 1. The summed E-state index contributed by atoms with van der Waals surface area (Å²) in [6, 6.07) is 19.7. The summed E-state index contributed by atoms with van der Waals surface area (Å²) in [6.45, 7) is 5.20. The lowest BCUT2D eigenvalue weighted by molar-refractivity contribution is 0.0985. The van der Waals surface area contributed by atoms with Crippen molar-refractivity contribution in [1.82, 2.24) is 0 Å². The second-order valence-electron chi connectivity index (χ2n) is 5.95. The molecule has 2 aromatic carbocycles. The molecule has 26 heavy (non-hydrogen) atoms. The van der Waals surface area contributed by atoms with Crippen molar-refractivity contribution in [3.63, 3.8) is 0 Å². The minimum Gasteiger partial charge on any atom is -0.494 e. The Balaban J connectivity index is 1.93. The van der Waals surface area contributed by atoms with E-state index in [0.29, 0.717) is 18.7 Å². The van der Waals surface area contributed by atoms with Crippen LogP contribution in [0, 0.1) is 0 Å². The molecule has 0 N–H and O–H groups in total. The summed E-state index contributed by atoms with van der Waals surface area (Å²) in [4.78, 5) is 16.2. The zero-order chi connectivity index (χ0) is 18.4. The predicted octanol–water partition coefficient (Wildman–Crippen LogP) is 5.56. The summed E-state index contributed by atoms with van der Waals surface area (Å²) >= 11 is 1.66. The lowest BCUT2D eigenvalue weighted by Crippen LogP contribution is -2.30. The fourth-order valence-electron chi connectivity index (χ4n) is 2.79. The third kappa shape index (κ3) is 4.33. The summed E-state index contributed by atoms with van der Waals surface area (Å²) < 4.78 is 5.55. The number of aryl methyl sites for hydroxylation is 1. The van der Waals surface area contributed by atoms with Gasteiger partial charge in [-0.05, 0) is 60.7 Å². The molecule has 3 aromatic rings. The van der Waals surface area contributed by atoms with Crippen LogP contribution in [0.4, 0.5) is 5.69 Å². The van der Waals surface area contributed by atoms with Crippen LogP contribution < -0.4 is 9.64 Å². The predicted molar refractivity (Wildman–Crippen MR) is 108 cm³/mol. The zero-order valence-corrected chi connectivity index (χ0v) is 16.0. The monoisotopic (exact) mass is 365 g/mol. The van der Waals surface area contributed by atoms with Crippen LogP contribution >= 0.6 is 11.3 Å². The fraction of sp³-hybridized carbons (Fsp3) is 0.227. The average Bonchev–Trinajstić information content (AvgIpc) is 3.19. The molecular formula is C22H23NO2S. The molecule has 0 bridgehead atoms. The van der Waals surface area contributed by atoms with Crippen LogP contribution in [0.2, 0.25) is 0 Å². The first-order valence-electron chi connectivity index (χ1n) is 8.87. The van der Waals surface area contributed by atoms with E-state index in [1.807, 2.05) is 59.7 Å². The van der Waals surface area contributed by atoms with Crippen molar-refractivity contribution in [3.8, 4) is 5.75 Å². The van der Waals surface area contributed by atoms with E-state index in [1.165, 1.54) is 5.56 Å². The van der Waals surface area contributed by atoms with Crippen LogP contribution in [0.5, 0.6) is 5.75 Å². The lowest BCUT2D eigenvalue weighted by atomic mass is 10.1. The Hall–Kier alpha value is -2.59. The molecule has 0 aliphatic rings. The highest BCUT2D eigenvalue weighted by atomic mass is 32.1. The van der Waals surface area contributed by atoms with Crippen LogP contribution in [-0.2, 0) is 13.0 Å². The molecule has 1 amide bonds. The van der Waals surface area contributed by atoms with Gasteiger partial charge in [0.05, 0.1) is 13.2 Å². The molecule has 0 spiro atoms. The van der Waals surface area contributed by atoms with E-state index < -0.39 is 0 Å². The first-order valence-corrected chi connectivity index (χ1v) is 9.75. The SMILES string of the molecule is CCOc1cccc(C(=O)N(Cc2cccs2)c2ccc(CC)cc2)c1. The third-order valence-corrected chi connectivity index (χ3v) is 5.05. The summed E-state index contributed by atoms with van der Waals surface area (Å²) in [7, 11) is 0. The number of carbonyl (C=O) groups excluding carboxylic acids is 1. The number of hydrogen-bond acceptors (Lipinski definition) is 3. The molecule has 3 nitrogen and oxygen atoms in total. The summed E-state index contributed by atoms with van der Waals surface area (Å²) in [5.41, 5.74) is 2.80. The van der Waals surface area contributed by atoms with Crippen molar-refractivity contribution < 1.29 is 9.53 Å². The van der Waals surface area contributed by atoms with Crippen molar-refractivity contribution in [2.75, 3.05) is 11.5 Å². The van der Waals surface area contributed by atoms with E-state index >= 15 is 0 Å². The van der Waals surface area contributed by atoms with Crippen molar-refractivity contribution in [2.24, 2.45) is 0 Å². The van der Waals surface area contributed by atoms with E-state index in [9.17, 15) is 4.79 Å². The van der Waals surface area contributed by atoms with Crippen molar-refractivity contribution in [2.45, 2.75) is 26.8 Å². The van der Waals surface area contributed by atoms with Crippen LogP contribution in [0.15, 0.2) is 66.0 Å². The molecule has 4 heteroatoms. The van der Waals surface area contributed by atoms with Gasteiger partial charge in [0.15, 0.2) is 0 Å². The summed E-state index contributed by atoms with van der Waals surface area (Å²) in [5.74, 6) is 0.694. The molecule has 134 valence electrons. The van der Waals surface area contributed by atoms with Gasteiger partial charge in [-0.2, -0.15) is 0 Å². The van der Waals surface area contributed by atoms with Gasteiger partial charge >= 0.3 is 0 Å². The number of rotatable bonds is 7. The molecule has 0 saturated heterocycles. The van der Waals surface area contributed by atoms with Crippen molar-refractivity contribution in [1.29, 1.82) is 0 Å². The molecule has 0 aliphatic carbocycles. The Morgan fingerprint density at radius 3 is 2.50 bits per heavy atom. The standard InChI is InChI=1S/C22H23NO2S/c1-3-17-10-12-19(13-11-17)23(16-21-9-6-14-26-21)22(24)18-7-5-8-20(15-18)25-4-2/h5-15H,3-4,16H2,1-2H3. The van der Waals surface area contributed by atoms with E-state index in [2.05, 4.69) is 25.1 Å². The van der Waals surface area contributed by atoms with E-state index in [1.54, 1.807) is 11.3 Å². The van der Waals surface area contributed by atoms with Gasteiger partial charge in [0.1, 0.15) is 5.75 Å². The molecule has 3 rings (SSSR count). The first-order chi connectivity index (χ1) is 12.7. The topological polar surface area (TPSA) is 29.5 Å². The molecule has 0 radical (unpaired) electrons. The number of anilines is 1. The van der Waals surface area contributed by atoms with Crippen molar-refractivity contribution >= 4 is 22.9 Å². The number of ether oxygens (including phenoxy) is 1. The van der Waals surface area contributed by atoms with E-state index in [0.717, 1.165) is 22.7 Å². The van der Waals surface area contributed by atoms with Gasteiger partial charge in [0.25, 0.3) is 5.91 Å². The van der Waals surface area contributed by atoms with Crippen LogP contribution in [-0.4, -0.2) is 12.5 Å². The quantitative estimate of drug-likeness (QED) is 0.549. The number of benzene rings is 2. The number of amides is 1. The highest BCUT2D eigenvalue weighted by Gasteiger charge is 2.19. The van der Waals surface area contributed by atoms with Crippen LogP contribution in [0.1, 0.15) is 34.6 Å². The first kappa shape index (κ1) is 18.2. The Kier molecular flexibility index (Phi) is 6.08. The third-order valence-electron chi connectivity index (χ3n) is 4.19. The number of carbonyl (C=O) groups is 1. The average molecular weight is 365 g/mol. The van der Waals surface area contributed by atoms with E-state index in [4.69, 9.17) is 4.74 Å². The molecule has 0 fully saturated rings. The van der Waals surface area contributed by atoms with E-state index in [-0.39, 0.29) is 5.91 Å². The Labute approximate surface area is 158 Å². The maximum Gasteiger partial charge on any atom is 0.258 e. The number of hydrogen-bond donors (Lipinski definition) is 0. The maximum atomic E-state index is 13.3. The number of nitrogens with zero attached hydrogens (tertiary/aromatic N) is 1. The van der Waals surface area contributed by atoms with Gasteiger partial charge in [0, 0.05) is 16.1 Å². The van der Waals surface area contributed by atoms with Gasteiger partial charge in [-0.15, -0.1) is 11.3 Å². The Morgan fingerprint density at radius 2 is 1.85 bits per heavy atom. The highest BCUT2D eigenvalue weighted by Crippen LogP contribution is 2.24. The smallest absolute Gasteiger partial charge is 0.258 e. The molecule has 0 unspecified atom stereocenters. The molecule has 0 aliphatic heterocycles. The minimum atomic E-state index is -0.0239. The van der Waals surface area contributed by atoms with Crippen LogP contribution in [0.3, 0.4) is 0 Å². The largest absolute Gasteiger partial charge is 0.494 e. The highest BCUT2D eigenvalue weighted by molar-refractivity contribution is 7.09.